The van der Waals surface area contributed by atoms with Gasteiger partial charge in [-0.1, -0.05) is 0 Å². The second kappa shape index (κ2) is 7.19. The number of rotatable bonds is 2. The highest BCUT2D eigenvalue weighted by molar-refractivity contribution is 5.95. The number of hydrogen-bond donors (Lipinski definition) is 0. The number of benzene rings is 1. The minimum Gasteiger partial charge on any atom is -0.381 e. The van der Waals surface area contributed by atoms with E-state index in [1.165, 1.54) is 0 Å². The van der Waals surface area contributed by atoms with Crippen LogP contribution in [0.25, 0.3) is 0 Å². The lowest BCUT2D eigenvalue weighted by molar-refractivity contribution is -0.139. The predicted octanol–water partition coefficient (Wildman–Crippen LogP) is 2.46. The number of carbonyl (C=O) groups excluding carboxylic acids is 2. The third-order valence-corrected chi connectivity index (χ3v) is 6.25. The minimum absolute atomic E-state index is 0.0102. The van der Waals surface area contributed by atoms with Crippen LogP contribution in [-0.2, 0) is 9.53 Å². The van der Waals surface area contributed by atoms with Crippen molar-refractivity contribution in [3.8, 4) is 0 Å². The average Bonchev–Trinajstić information content (AvgIpc) is 3.29. The number of hydrogen-bond acceptors (Lipinski definition) is 3. The zero-order valence-corrected chi connectivity index (χ0v) is 15.3. The van der Waals surface area contributed by atoms with E-state index in [0.717, 1.165) is 57.0 Å². The summed E-state index contributed by atoms with van der Waals surface area (Å²) in [5, 5.41) is 0. The van der Waals surface area contributed by atoms with Crippen molar-refractivity contribution in [1.29, 1.82) is 0 Å². The van der Waals surface area contributed by atoms with Crippen LogP contribution in [0, 0.1) is 23.0 Å². The lowest BCUT2D eigenvalue weighted by Crippen LogP contribution is -2.45. The lowest BCUT2D eigenvalue weighted by atomic mass is 9.71. The Morgan fingerprint density at radius 2 is 1.63 bits per heavy atom. The van der Waals surface area contributed by atoms with Gasteiger partial charge in [-0.3, -0.25) is 9.59 Å². The minimum atomic E-state index is -0.775. The maximum Gasteiger partial charge on any atom is 0.254 e. The molecule has 3 aliphatic rings. The zero-order valence-electron chi connectivity index (χ0n) is 15.3. The maximum absolute atomic E-state index is 13.5. The first-order valence-corrected chi connectivity index (χ1v) is 9.60. The standard InChI is InChI=1S/C20H24F2N2O3/c21-15-9-14(10-16(22)11-15)18(25)24-12-17(19(26)23-5-1-2-6-23)20(13-24)3-7-27-8-4-20/h9-11,17H,1-8,12-13H2. The molecule has 5 nitrogen and oxygen atoms in total. The molecule has 146 valence electrons. The molecule has 1 aromatic carbocycles. The molecule has 1 atom stereocenters. The second-order valence-electron chi connectivity index (χ2n) is 7.90. The van der Waals surface area contributed by atoms with Crippen LogP contribution in [0.5, 0.6) is 0 Å². The second-order valence-corrected chi connectivity index (χ2v) is 7.90. The van der Waals surface area contributed by atoms with Gasteiger partial charge in [0.25, 0.3) is 5.91 Å². The van der Waals surface area contributed by atoms with E-state index in [4.69, 9.17) is 4.74 Å². The van der Waals surface area contributed by atoms with Gasteiger partial charge in [-0.2, -0.15) is 0 Å². The lowest BCUT2D eigenvalue weighted by Gasteiger charge is -2.38. The van der Waals surface area contributed by atoms with E-state index in [-0.39, 0.29) is 22.8 Å². The normalized spacial score (nSPS) is 24.6. The molecule has 7 heteroatoms. The summed E-state index contributed by atoms with van der Waals surface area (Å²) in [4.78, 5) is 29.6. The zero-order chi connectivity index (χ0) is 19.0. The van der Waals surface area contributed by atoms with E-state index in [2.05, 4.69) is 0 Å². The Kier molecular flexibility index (Phi) is 4.88. The van der Waals surface area contributed by atoms with Gasteiger partial charge in [0.05, 0.1) is 5.92 Å². The van der Waals surface area contributed by atoms with Crippen molar-refractivity contribution >= 4 is 11.8 Å². The van der Waals surface area contributed by atoms with Crippen LogP contribution in [0.2, 0.25) is 0 Å². The first-order chi connectivity index (χ1) is 13.0. The van der Waals surface area contributed by atoms with Gasteiger partial charge >= 0.3 is 0 Å². The summed E-state index contributed by atoms with van der Waals surface area (Å²) >= 11 is 0. The number of halogens is 2. The topological polar surface area (TPSA) is 49.9 Å². The first kappa shape index (κ1) is 18.3. The summed E-state index contributed by atoms with van der Waals surface area (Å²) in [7, 11) is 0. The molecule has 27 heavy (non-hydrogen) atoms. The molecule has 3 aliphatic heterocycles. The van der Waals surface area contributed by atoms with Crippen molar-refractivity contribution in [3.63, 3.8) is 0 Å². The summed E-state index contributed by atoms with van der Waals surface area (Å²) in [5.41, 5.74) is -0.316. The fourth-order valence-corrected chi connectivity index (χ4v) is 4.77. The van der Waals surface area contributed by atoms with Crippen molar-refractivity contribution in [1.82, 2.24) is 9.80 Å². The predicted molar refractivity (Wildman–Crippen MR) is 94.1 cm³/mol. The fraction of sp³-hybridized carbons (Fsp3) is 0.600. The largest absolute Gasteiger partial charge is 0.381 e. The van der Waals surface area contributed by atoms with Crippen molar-refractivity contribution < 1.29 is 23.1 Å². The summed E-state index contributed by atoms with van der Waals surface area (Å²) in [6.07, 6.45) is 3.47. The molecular formula is C20H24F2N2O3. The molecule has 1 aromatic rings. The summed E-state index contributed by atoms with van der Waals surface area (Å²) in [6, 6.07) is 2.86. The van der Waals surface area contributed by atoms with Crippen LogP contribution in [0.1, 0.15) is 36.0 Å². The van der Waals surface area contributed by atoms with Crippen molar-refractivity contribution in [3.05, 3.63) is 35.4 Å². The Morgan fingerprint density at radius 3 is 2.26 bits per heavy atom. The highest BCUT2D eigenvalue weighted by Crippen LogP contribution is 2.45. The molecule has 3 fully saturated rings. The highest BCUT2D eigenvalue weighted by Gasteiger charge is 2.52. The molecule has 0 saturated carbocycles. The van der Waals surface area contributed by atoms with Crippen LogP contribution < -0.4 is 0 Å². The molecule has 0 bridgehead atoms. The maximum atomic E-state index is 13.5. The SMILES string of the molecule is O=C(c1cc(F)cc(F)c1)N1CC(C(=O)N2CCCC2)C2(CCOCC2)C1. The third-order valence-electron chi connectivity index (χ3n) is 6.25. The monoisotopic (exact) mass is 378 g/mol. The Morgan fingerprint density at radius 1 is 1.00 bits per heavy atom. The van der Waals surface area contributed by atoms with Gasteiger partial charge in [0, 0.05) is 56.4 Å². The summed E-state index contributed by atoms with van der Waals surface area (Å²) < 4.78 is 32.6. The summed E-state index contributed by atoms with van der Waals surface area (Å²) in [6.45, 7) is 3.40. The molecule has 0 N–H and O–H groups in total. The van der Waals surface area contributed by atoms with Crippen LogP contribution in [0.15, 0.2) is 18.2 Å². The Bertz CT molecular complexity index is 722. The fourth-order valence-electron chi connectivity index (χ4n) is 4.77. The van der Waals surface area contributed by atoms with Crippen LogP contribution in [0.4, 0.5) is 8.78 Å². The van der Waals surface area contributed by atoms with Gasteiger partial charge in [-0.25, -0.2) is 8.78 Å². The van der Waals surface area contributed by atoms with Crippen LogP contribution in [0.3, 0.4) is 0 Å². The van der Waals surface area contributed by atoms with Gasteiger partial charge < -0.3 is 14.5 Å². The number of amides is 2. The quantitative estimate of drug-likeness (QED) is 0.794. The molecule has 3 heterocycles. The Hall–Kier alpha value is -2.02. The van der Waals surface area contributed by atoms with Crippen LogP contribution in [-0.4, -0.2) is 61.0 Å². The van der Waals surface area contributed by atoms with E-state index in [0.29, 0.717) is 26.3 Å². The van der Waals surface area contributed by atoms with E-state index in [1.807, 2.05) is 4.90 Å². The van der Waals surface area contributed by atoms with Gasteiger partial charge in [0.1, 0.15) is 11.6 Å². The highest BCUT2D eigenvalue weighted by atomic mass is 19.1. The van der Waals surface area contributed by atoms with Gasteiger partial charge in [0.2, 0.25) is 5.91 Å². The molecule has 1 unspecified atom stereocenters. The summed E-state index contributed by atoms with van der Waals surface area (Å²) in [5.74, 6) is -2.14. The number of likely N-dealkylation sites (tertiary alicyclic amines) is 2. The first-order valence-electron chi connectivity index (χ1n) is 9.60. The molecule has 0 aliphatic carbocycles. The third kappa shape index (κ3) is 3.45. The van der Waals surface area contributed by atoms with Gasteiger partial charge in [-0.05, 0) is 37.8 Å². The van der Waals surface area contributed by atoms with E-state index in [1.54, 1.807) is 4.90 Å². The van der Waals surface area contributed by atoms with E-state index >= 15 is 0 Å². The Balaban J connectivity index is 1.59. The van der Waals surface area contributed by atoms with Crippen molar-refractivity contribution in [2.75, 3.05) is 39.4 Å². The molecule has 0 radical (unpaired) electrons. The average molecular weight is 378 g/mol. The Labute approximate surface area is 157 Å². The molecule has 4 rings (SSSR count). The van der Waals surface area contributed by atoms with E-state index < -0.39 is 17.5 Å². The smallest absolute Gasteiger partial charge is 0.254 e. The number of nitrogens with zero attached hydrogens (tertiary/aromatic N) is 2. The number of ether oxygens (including phenoxy) is 1. The van der Waals surface area contributed by atoms with Crippen molar-refractivity contribution in [2.24, 2.45) is 11.3 Å². The molecule has 0 aromatic heterocycles. The molecule has 3 saturated heterocycles. The van der Waals surface area contributed by atoms with Crippen molar-refractivity contribution in [2.45, 2.75) is 25.7 Å². The number of carbonyl (C=O) groups is 2. The van der Waals surface area contributed by atoms with Gasteiger partial charge in [-0.15, -0.1) is 0 Å². The van der Waals surface area contributed by atoms with E-state index in [9.17, 15) is 18.4 Å². The molecular weight excluding hydrogens is 354 g/mol. The molecule has 1 spiro atoms. The van der Waals surface area contributed by atoms with Crippen LogP contribution >= 0.6 is 0 Å². The molecule has 2 amide bonds. The van der Waals surface area contributed by atoms with Gasteiger partial charge in [0.15, 0.2) is 0 Å².